The molecule has 1 unspecified atom stereocenters. The van der Waals surface area contributed by atoms with E-state index in [1.165, 1.54) is 12.3 Å². The molecule has 0 spiro atoms. The highest BCUT2D eigenvalue weighted by Gasteiger charge is 1.95. The molecule has 3 heteroatoms. The number of aliphatic imine (C=N–C) groups is 1. The number of rotatable bonds is 4. The molecular weight excluding hydrogens is 167 g/mol. The van der Waals surface area contributed by atoms with E-state index in [-0.39, 0.29) is 0 Å². The summed E-state index contributed by atoms with van der Waals surface area (Å²) < 4.78 is 12.9. The average molecular weight is 184 g/mol. The maximum Gasteiger partial charge on any atom is 0.155 e. The zero-order chi connectivity index (χ0) is 10.3. The molecule has 0 aromatic rings. The molecule has 0 saturated heterocycles. The molecule has 13 heavy (non-hydrogen) atoms. The first-order valence-electron chi connectivity index (χ1n) is 4.26. The number of nitrogens with two attached hydrogens (primary N) is 1. The molecule has 0 amide bonds. The van der Waals surface area contributed by atoms with Crippen LogP contribution < -0.4 is 5.73 Å². The Morgan fingerprint density at radius 1 is 1.54 bits per heavy atom. The van der Waals surface area contributed by atoms with Gasteiger partial charge in [-0.25, -0.2) is 4.39 Å². The first kappa shape index (κ1) is 11.9. The number of halogens is 1. The SMILES string of the molecule is C/C=C(\C)CN=CC(F)/C=C(\C)N. The monoisotopic (exact) mass is 184 g/mol. The molecule has 0 aromatic heterocycles. The van der Waals surface area contributed by atoms with Crippen molar-refractivity contribution in [3.8, 4) is 0 Å². The maximum absolute atomic E-state index is 12.9. The van der Waals surface area contributed by atoms with E-state index < -0.39 is 6.17 Å². The van der Waals surface area contributed by atoms with Crippen molar-refractivity contribution in [3.05, 3.63) is 23.4 Å². The van der Waals surface area contributed by atoms with Gasteiger partial charge in [0.1, 0.15) is 0 Å². The minimum atomic E-state index is -1.17. The first-order chi connectivity index (χ1) is 6.06. The van der Waals surface area contributed by atoms with Crippen LogP contribution in [-0.4, -0.2) is 18.9 Å². The lowest BCUT2D eigenvalue weighted by Gasteiger charge is -1.96. The normalized spacial score (nSPS) is 16.6. The van der Waals surface area contributed by atoms with Crippen molar-refractivity contribution in [2.75, 3.05) is 6.54 Å². The lowest BCUT2D eigenvalue weighted by Crippen LogP contribution is -2.02. The van der Waals surface area contributed by atoms with Gasteiger partial charge < -0.3 is 5.73 Å². The smallest absolute Gasteiger partial charge is 0.155 e. The number of hydrogen-bond acceptors (Lipinski definition) is 2. The van der Waals surface area contributed by atoms with E-state index in [1.54, 1.807) is 6.92 Å². The Morgan fingerprint density at radius 2 is 2.15 bits per heavy atom. The lowest BCUT2D eigenvalue weighted by atomic mass is 10.3. The number of allylic oxidation sites excluding steroid dienone is 3. The molecule has 2 nitrogen and oxygen atoms in total. The van der Waals surface area contributed by atoms with Gasteiger partial charge in [0.05, 0.1) is 6.54 Å². The van der Waals surface area contributed by atoms with E-state index in [9.17, 15) is 4.39 Å². The highest BCUT2D eigenvalue weighted by atomic mass is 19.1. The van der Waals surface area contributed by atoms with E-state index >= 15 is 0 Å². The minimum Gasteiger partial charge on any atom is -0.402 e. The minimum absolute atomic E-state index is 0.474. The zero-order valence-corrected chi connectivity index (χ0v) is 8.42. The molecule has 0 heterocycles. The first-order valence-corrected chi connectivity index (χ1v) is 4.26. The number of hydrogen-bond donors (Lipinski definition) is 1. The Bertz CT molecular complexity index is 225. The van der Waals surface area contributed by atoms with Crippen molar-refractivity contribution in [3.63, 3.8) is 0 Å². The van der Waals surface area contributed by atoms with Crippen LogP contribution in [-0.2, 0) is 0 Å². The van der Waals surface area contributed by atoms with Gasteiger partial charge in [-0.1, -0.05) is 11.6 Å². The summed E-state index contributed by atoms with van der Waals surface area (Å²) >= 11 is 0. The summed E-state index contributed by atoms with van der Waals surface area (Å²) in [5, 5.41) is 0. The van der Waals surface area contributed by atoms with E-state index in [0.29, 0.717) is 12.2 Å². The predicted molar refractivity (Wildman–Crippen MR) is 55.6 cm³/mol. The third-order valence-corrected chi connectivity index (χ3v) is 1.50. The van der Waals surface area contributed by atoms with Crippen molar-refractivity contribution < 1.29 is 4.39 Å². The van der Waals surface area contributed by atoms with Gasteiger partial charge in [-0.2, -0.15) is 0 Å². The molecule has 0 aliphatic carbocycles. The van der Waals surface area contributed by atoms with E-state index in [2.05, 4.69) is 4.99 Å². The third-order valence-electron chi connectivity index (χ3n) is 1.50. The summed E-state index contributed by atoms with van der Waals surface area (Å²) in [5.41, 5.74) is 6.90. The van der Waals surface area contributed by atoms with Crippen LogP contribution in [0.5, 0.6) is 0 Å². The molecule has 0 rings (SSSR count). The quantitative estimate of drug-likeness (QED) is 0.528. The Balaban J connectivity index is 3.92. The Hall–Kier alpha value is -1.12. The van der Waals surface area contributed by atoms with Crippen LogP contribution in [0.3, 0.4) is 0 Å². The molecule has 0 bridgehead atoms. The number of alkyl halides is 1. The van der Waals surface area contributed by atoms with Crippen molar-refractivity contribution >= 4 is 6.21 Å². The summed E-state index contributed by atoms with van der Waals surface area (Å²) in [5.74, 6) is 0. The standard InChI is InChI=1S/C10H17FN2/c1-4-8(2)6-13-7-10(11)5-9(3)12/h4-5,7,10H,6,12H2,1-3H3/b8-4+,9-5+,13-7?. The lowest BCUT2D eigenvalue weighted by molar-refractivity contribution is 0.496. The summed E-state index contributed by atoms with van der Waals surface area (Å²) in [6.45, 7) is 6.09. The second kappa shape index (κ2) is 6.40. The van der Waals surface area contributed by atoms with Crippen LogP contribution in [0.25, 0.3) is 0 Å². The van der Waals surface area contributed by atoms with Gasteiger partial charge in [-0.05, 0) is 26.8 Å². The van der Waals surface area contributed by atoms with Gasteiger partial charge in [0.25, 0.3) is 0 Å². The van der Waals surface area contributed by atoms with Crippen LogP contribution in [0, 0.1) is 0 Å². The molecule has 0 aliphatic heterocycles. The molecule has 1 atom stereocenters. The van der Waals surface area contributed by atoms with Gasteiger partial charge in [-0.15, -0.1) is 0 Å². The molecular formula is C10H17FN2. The maximum atomic E-state index is 12.9. The van der Waals surface area contributed by atoms with Gasteiger partial charge in [0, 0.05) is 11.9 Å². The average Bonchev–Trinajstić information content (AvgIpc) is 2.02. The van der Waals surface area contributed by atoms with Gasteiger partial charge in [-0.3, -0.25) is 4.99 Å². The van der Waals surface area contributed by atoms with Crippen molar-refractivity contribution in [1.82, 2.24) is 0 Å². The largest absolute Gasteiger partial charge is 0.402 e. The van der Waals surface area contributed by atoms with Crippen LogP contribution in [0.15, 0.2) is 28.4 Å². The second-order valence-electron chi connectivity index (χ2n) is 2.98. The van der Waals surface area contributed by atoms with Crippen LogP contribution >= 0.6 is 0 Å². The summed E-state index contributed by atoms with van der Waals surface area (Å²) in [7, 11) is 0. The molecule has 2 N–H and O–H groups in total. The molecule has 0 aliphatic rings. The molecule has 0 saturated carbocycles. The summed E-state index contributed by atoms with van der Waals surface area (Å²) in [4.78, 5) is 3.93. The van der Waals surface area contributed by atoms with Crippen LogP contribution in [0.2, 0.25) is 0 Å². The Kier molecular flexibility index (Phi) is 5.85. The van der Waals surface area contributed by atoms with Crippen LogP contribution in [0.4, 0.5) is 4.39 Å². The number of nitrogens with zero attached hydrogens (tertiary/aromatic N) is 1. The van der Waals surface area contributed by atoms with Gasteiger partial charge in [0.2, 0.25) is 0 Å². The Morgan fingerprint density at radius 3 is 2.62 bits per heavy atom. The van der Waals surface area contributed by atoms with Gasteiger partial charge >= 0.3 is 0 Å². The highest BCUT2D eigenvalue weighted by molar-refractivity contribution is 5.65. The fraction of sp³-hybridized carbons (Fsp3) is 0.500. The van der Waals surface area contributed by atoms with Crippen molar-refractivity contribution in [2.45, 2.75) is 26.9 Å². The van der Waals surface area contributed by atoms with E-state index in [4.69, 9.17) is 5.73 Å². The van der Waals surface area contributed by atoms with Crippen molar-refractivity contribution in [2.24, 2.45) is 10.7 Å². The molecule has 0 radical (unpaired) electrons. The Labute approximate surface area is 79.0 Å². The third kappa shape index (κ3) is 7.25. The van der Waals surface area contributed by atoms with Gasteiger partial charge in [0.15, 0.2) is 6.17 Å². The van der Waals surface area contributed by atoms with E-state index in [1.807, 2.05) is 19.9 Å². The predicted octanol–water partition coefficient (Wildman–Crippen LogP) is 2.22. The fourth-order valence-corrected chi connectivity index (χ4v) is 0.683. The molecule has 0 fully saturated rings. The summed E-state index contributed by atoms with van der Waals surface area (Å²) in [6, 6.07) is 0. The molecule has 74 valence electrons. The van der Waals surface area contributed by atoms with E-state index in [0.717, 1.165) is 5.57 Å². The second-order valence-corrected chi connectivity index (χ2v) is 2.98. The van der Waals surface area contributed by atoms with Crippen molar-refractivity contribution in [1.29, 1.82) is 0 Å². The fourth-order valence-electron chi connectivity index (χ4n) is 0.683. The highest BCUT2D eigenvalue weighted by Crippen LogP contribution is 1.95. The molecule has 0 aromatic carbocycles. The summed E-state index contributed by atoms with van der Waals surface area (Å²) in [6.07, 6.45) is 3.38. The topological polar surface area (TPSA) is 38.4 Å². The van der Waals surface area contributed by atoms with Crippen LogP contribution in [0.1, 0.15) is 20.8 Å². The zero-order valence-electron chi connectivity index (χ0n) is 8.42.